The van der Waals surface area contributed by atoms with E-state index in [1.165, 1.54) is 12.0 Å². The molecule has 0 heterocycles. The van der Waals surface area contributed by atoms with Gasteiger partial charge in [0.1, 0.15) is 0 Å². The lowest BCUT2D eigenvalue weighted by atomic mass is 10.1. The summed E-state index contributed by atoms with van der Waals surface area (Å²) in [7, 11) is 0. The zero-order valence-electron chi connectivity index (χ0n) is 5.63. The van der Waals surface area contributed by atoms with E-state index in [9.17, 15) is 0 Å². The minimum absolute atomic E-state index is 0.745. The maximum Gasteiger partial charge on any atom is 0.0221 e. The fraction of sp³-hybridized carbons (Fsp3) is 0.333. The Morgan fingerprint density at radius 3 is 2.30 bits per heavy atom. The molecule has 0 spiro atoms. The first-order valence-electron chi connectivity index (χ1n) is 3.57. The Balaban J connectivity index is 2.20. The van der Waals surface area contributed by atoms with E-state index < -0.39 is 0 Å². The largest absolute Gasteiger partial charge is 0.0884 e. The lowest BCUT2D eigenvalue weighted by Gasteiger charge is -1.93. The molecular formula is C9H9Br. The van der Waals surface area contributed by atoms with Crippen LogP contribution in [0, 0.1) is 0 Å². The molecular weight excluding hydrogens is 188 g/mol. The van der Waals surface area contributed by atoms with Crippen molar-refractivity contribution in [2.75, 3.05) is 0 Å². The van der Waals surface area contributed by atoms with Gasteiger partial charge in [-0.1, -0.05) is 46.3 Å². The lowest BCUT2D eigenvalue weighted by Crippen LogP contribution is -1.78. The summed E-state index contributed by atoms with van der Waals surface area (Å²) < 4.78 is 0. The summed E-state index contributed by atoms with van der Waals surface area (Å²) in [6.45, 7) is 0. The first-order chi connectivity index (χ1) is 4.88. The zero-order chi connectivity index (χ0) is 6.97. The highest BCUT2D eigenvalue weighted by Crippen LogP contribution is 2.46. The predicted octanol–water partition coefficient (Wildman–Crippen LogP) is 2.94. The molecule has 1 saturated carbocycles. The topological polar surface area (TPSA) is 0 Å². The van der Waals surface area contributed by atoms with Crippen molar-refractivity contribution in [3.63, 3.8) is 0 Å². The van der Waals surface area contributed by atoms with E-state index >= 15 is 0 Å². The number of alkyl halides is 1. The van der Waals surface area contributed by atoms with Crippen molar-refractivity contribution >= 4 is 15.9 Å². The molecule has 2 atom stereocenters. The third-order valence-electron chi connectivity index (χ3n) is 1.94. The van der Waals surface area contributed by atoms with E-state index in [0.29, 0.717) is 0 Å². The van der Waals surface area contributed by atoms with Gasteiger partial charge in [-0.05, 0) is 17.9 Å². The molecule has 0 amide bonds. The monoisotopic (exact) mass is 196 g/mol. The Hall–Kier alpha value is -0.300. The Morgan fingerprint density at radius 1 is 1.20 bits per heavy atom. The molecule has 1 aliphatic rings. The smallest absolute Gasteiger partial charge is 0.0221 e. The molecule has 0 saturated heterocycles. The Kier molecular flexibility index (Phi) is 1.53. The molecule has 0 nitrogen and oxygen atoms in total. The summed E-state index contributed by atoms with van der Waals surface area (Å²) in [6, 6.07) is 10.7. The van der Waals surface area contributed by atoms with Gasteiger partial charge < -0.3 is 0 Å². The standard InChI is InChI=1S/C9H9Br/c10-9-6-8(9)7-4-2-1-3-5-7/h1-5,8-9H,6H2/t8-,9-/m1/s1. The highest BCUT2D eigenvalue weighted by Gasteiger charge is 2.35. The number of hydrogen-bond donors (Lipinski definition) is 0. The first-order valence-corrected chi connectivity index (χ1v) is 4.48. The molecule has 52 valence electrons. The number of benzene rings is 1. The minimum Gasteiger partial charge on any atom is -0.0884 e. The van der Waals surface area contributed by atoms with Crippen LogP contribution < -0.4 is 0 Å². The molecule has 1 aliphatic carbocycles. The molecule has 1 heteroatoms. The van der Waals surface area contributed by atoms with Gasteiger partial charge in [-0.2, -0.15) is 0 Å². The summed E-state index contributed by atoms with van der Waals surface area (Å²) in [5.74, 6) is 0.793. The Bertz CT molecular complexity index is 217. The van der Waals surface area contributed by atoms with Gasteiger partial charge >= 0.3 is 0 Å². The van der Waals surface area contributed by atoms with Crippen molar-refractivity contribution in [1.82, 2.24) is 0 Å². The van der Waals surface area contributed by atoms with Crippen molar-refractivity contribution in [3.8, 4) is 0 Å². The van der Waals surface area contributed by atoms with E-state index in [1.54, 1.807) is 0 Å². The van der Waals surface area contributed by atoms with Crippen LogP contribution in [0.15, 0.2) is 30.3 Å². The summed E-state index contributed by atoms with van der Waals surface area (Å²) in [6.07, 6.45) is 1.31. The molecule has 0 N–H and O–H groups in total. The second-order valence-corrected chi connectivity index (χ2v) is 3.95. The third-order valence-corrected chi connectivity index (χ3v) is 2.95. The zero-order valence-corrected chi connectivity index (χ0v) is 7.21. The number of rotatable bonds is 1. The normalized spacial score (nSPS) is 30.1. The molecule has 0 unspecified atom stereocenters. The van der Waals surface area contributed by atoms with Crippen molar-refractivity contribution in [1.29, 1.82) is 0 Å². The van der Waals surface area contributed by atoms with Crippen LogP contribution in [-0.4, -0.2) is 4.83 Å². The maximum absolute atomic E-state index is 3.59. The summed E-state index contributed by atoms with van der Waals surface area (Å²) in [4.78, 5) is 0.745. The van der Waals surface area contributed by atoms with E-state index in [0.717, 1.165) is 10.7 Å². The molecule has 1 fully saturated rings. The van der Waals surface area contributed by atoms with Gasteiger partial charge in [0, 0.05) is 4.83 Å². The van der Waals surface area contributed by atoms with Crippen LogP contribution >= 0.6 is 15.9 Å². The fourth-order valence-electron chi connectivity index (χ4n) is 1.21. The highest BCUT2D eigenvalue weighted by atomic mass is 79.9. The molecule has 1 aromatic rings. The fourth-order valence-corrected chi connectivity index (χ4v) is 1.92. The Morgan fingerprint density at radius 2 is 1.80 bits per heavy atom. The van der Waals surface area contributed by atoms with Crippen LogP contribution in [0.3, 0.4) is 0 Å². The number of halogens is 1. The molecule has 2 rings (SSSR count). The minimum atomic E-state index is 0.745. The van der Waals surface area contributed by atoms with Gasteiger partial charge in [0.05, 0.1) is 0 Å². The summed E-state index contributed by atoms with van der Waals surface area (Å²) in [5, 5.41) is 0. The molecule has 10 heavy (non-hydrogen) atoms. The van der Waals surface area contributed by atoms with Crippen LogP contribution in [-0.2, 0) is 0 Å². The van der Waals surface area contributed by atoms with Crippen molar-refractivity contribution in [2.45, 2.75) is 17.2 Å². The molecule has 0 aliphatic heterocycles. The van der Waals surface area contributed by atoms with Crippen molar-refractivity contribution in [2.24, 2.45) is 0 Å². The highest BCUT2D eigenvalue weighted by molar-refractivity contribution is 9.09. The molecule has 0 bridgehead atoms. The van der Waals surface area contributed by atoms with Gasteiger partial charge in [0.15, 0.2) is 0 Å². The molecule has 0 aromatic heterocycles. The number of hydrogen-bond acceptors (Lipinski definition) is 0. The average molecular weight is 197 g/mol. The van der Waals surface area contributed by atoms with Gasteiger partial charge in [-0.25, -0.2) is 0 Å². The summed E-state index contributed by atoms with van der Waals surface area (Å²) >= 11 is 3.59. The van der Waals surface area contributed by atoms with Gasteiger partial charge in [0.2, 0.25) is 0 Å². The third kappa shape index (κ3) is 1.10. The van der Waals surface area contributed by atoms with Crippen molar-refractivity contribution < 1.29 is 0 Å². The van der Waals surface area contributed by atoms with E-state index in [2.05, 4.69) is 46.3 Å². The summed E-state index contributed by atoms with van der Waals surface area (Å²) in [5.41, 5.74) is 1.48. The van der Waals surface area contributed by atoms with Gasteiger partial charge in [-0.3, -0.25) is 0 Å². The first kappa shape index (κ1) is 6.41. The molecule has 0 radical (unpaired) electrons. The quantitative estimate of drug-likeness (QED) is 0.607. The molecule has 1 aromatic carbocycles. The van der Waals surface area contributed by atoms with Crippen LogP contribution in [0.25, 0.3) is 0 Å². The van der Waals surface area contributed by atoms with E-state index in [1.807, 2.05) is 0 Å². The average Bonchev–Trinajstić information content (AvgIpc) is 2.69. The Labute approximate surface area is 69.4 Å². The SMILES string of the molecule is Br[C@@H]1C[C@@H]1c1ccccc1. The predicted molar refractivity (Wildman–Crippen MR) is 46.5 cm³/mol. The maximum atomic E-state index is 3.59. The van der Waals surface area contributed by atoms with Crippen LogP contribution in [0.4, 0.5) is 0 Å². The second-order valence-electron chi connectivity index (χ2n) is 2.77. The van der Waals surface area contributed by atoms with Crippen LogP contribution in [0.5, 0.6) is 0 Å². The van der Waals surface area contributed by atoms with Crippen LogP contribution in [0.2, 0.25) is 0 Å². The lowest BCUT2D eigenvalue weighted by molar-refractivity contribution is 1.14. The van der Waals surface area contributed by atoms with Crippen LogP contribution in [0.1, 0.15) is 17.9 Å². The van der Waals surface area contributed by atoms with E-state index in [-0.39, 0.29) is 0 Å². The van der Waals surface area contributed by atoms with Gasteiger partial charge in [-0.15, -0.1) is 0 Å². The van der Waals surface area contributed by atoms with E-state index in [4.69, 9.17) is 0 Å². The second kappa shape index (κ2) is 2.39. The van der Waals surface area contributed by atoms with Crippen molar-refractivity contribution in [3.05, 3.63) is 35.9 Å². The van der Waals surface area contributed by atoms with Gasteiger partial charge in [0.25, 0.3) is 0 Å².